The third kappa shape index (κ3) is 14.6. The Bertz CT molecular complexity index is 1240. The Balaban J connectivity index is 0.00000529. The molecule has 0 saturated heterocycles. The molecular weight excluding hydrogens is 666 g/mol. The normalized spacial score (nSPS) is 14.3. The van der Waals surface area contributed by atoms with Crippen molar-refractivity contribution in [3.63, 3.8) is 0 Å². The average molecular weight is 727 g/mol. The van der Waals surface area contributed by atoms with Crippen LogP contribution in [0.15, 0.2) is 45.9 Å². The van der Waals surface area contributed by atoms with Gasteiger partial charge in [0, 0.05) is 38.1 Å². The first-order valence-electron chi connectivity index (χ1n) is 17.7. The number of aromatic nitrogens is 2. The highest BCUT2D eigenvalue weighted by atomic mass is 35.5. The van der Waals surface area contributed by atoms with Gasteiger partial charge in [-0.15, -0.1) is 0 Å². The van der Waals surface area contributed by atoms with Gasteiger partial charge in [0.2, 0.25) is 0 Å². The molecule has 0 amide bonds. The van der Waals surface area contributed by atoms with Crippen LogP contribution in [0.2, 0.25) is 0 Å². The summed E-state index contributed by atoms with van der Waals surface area (Å²) in [5.74, 6) is 0. The van der Waals surface area contributed by atoms with E-state index in [4.69, 9.17) is 0 Å². The van der Waals surface area contributed by atoms with Gasteiger partial charge in [-0.25, -0.2) is 0 Å². The van der Waals surface area contributed by atoms with E-state index in [0.717, 1.165) is 19.6 Å². The molecule has 0 aliphatic carbocycles. The molecule has 0 fully saturated rings. The summed E-state index contributed by atoms with van der Waals surface area (Å²) in [6.07, 6.45) is 31.6. The van der Waals surface area contributed by atoms with Crippen molar-refractivity contribution in [2.24, 2.45) is 0 Å². The minimum Gasteiger partial charge on any atom is -1.00 e. The SMILES string of the molecule is CCCCCCCN1C(C)=CS\C1=C/C=C(/C=C/c1sc(C)c[n+]1CCCCCCC)c1scc(C)[n+]1CCCCCCC.[Cl-].[Cl-]. The molecule has 1 aliphatic rings. The Labute approximate surface area is 307 Å². The van der Waals surface area contributed by atoms with Crippen molar-refractivity contribution in [3.8, 4) is 0 Å². The Morgan fingerprint density at radius 3 is 2.04 bits per heavy atom. The van der Waals surface area contributed by atoms with Crippen LogP contribution in [-0.4, -0.2) is 11.4 Å². The zero-order chi connectivity index (χ0) is 31.6. The lowest BCUT2D eigenvalue weighted by Gasteiger charge is -2.21. The highest BCUT2D eigenvalue weighted by molar-refractivity contribution is 8.06. The van der Waals surface area contributed by atoms with E-state index in [2.05, 4.69) is 96.9 Å². The molecule has 0 saturated carbocycles. The number of rotatable bonds is 22. The Kier molecular flexibility index (Phi) is 23.4. The van der Waals surface area contributed by atoms with Crippen molar-refractivity contribution in [3.05, 3.63) is 66.5 Å². The van der Waals surface area contributed by atoms with Crippen LogP contribution < -0.4 is 33.9 Å². The molecule has 46 heavy (non-hydrogen) atoms. The van der Waals surface area contributed by atoms with Gasteiger partial charge in [-0.05, 0) is 56.7 Å². The number of nitrogens with zero attached hydrogens (tertiary/aromatic N) is 3. The first-order valence-corrected chi connectivity index (χ1v) is 20.2. The molecule has 0 atom stereocenters. The van der Waals surface area contributed by atoms with E-state index < -0.39 is 0 Å². The second-order valence-electron chi connectivity index (χ2n) is 12.4. The monoisotopic (exact) mass is 725 g/mol. The quantitative estimate of drug-likeness (QED) is 0.0868. The van der Waals surface area contributed by atoms with Gasteiger partial charge < -0.3 is 29.7 Å². The largest absolute Gasteiger partial charge is 1.00 e. The van der Waals surface area contributed by atoms with Crippen LogP contribution in [-0.2, 0) is 13.1 Å². The van der Waals surface area contributed by atoms with Crippen LogP contribution >= 0.6 is 34.4 Å². The van der Waals surface area contributed by atoms with E-state index >= 15 is 0 Å². The fourth-order valence-corrected chi connectivity index (χ4v) is 8.66. The summed E-state index contributed by atoms with van der Waals surface area (Å²) in [6.45, 7) is 17.0. The van der Waals surface area contributed by atoms with Crippen molar-refractivity contribution in [1.29, 1.82) is 0 Å². The lowest BCUT2D eigenvalue weighted by molar-refractivity contribution is -0.700. The predicted octanol–water partition coefficient (Wildman–Crippen LogP) is 5.77. The van der Waals surface area contributed by atoms with Gasteiger partial charge in [0.15, 0.2) is 11.9 Å². The highest BCUT2D eigenvalue weighted by Crippen LogP contribution is 2.35. The maximum Gasteiger partial charge on any atom is 0.269 e. The summed E-state index contributed by atoms with van der Waals surface area (Å²) in [4.78, 5) is 3.92. The van der Waals surface area contributed by atoms with Gasteiger partial charge in [-0.1, -0.05) is 119 Å². The van der Waals surface area contributed by atoms with Crippen LogP contribution in [0.1, 0.15) is 145 Å². The van der Waals surface area contributed by atoms with Crippen LogP contribution in [0.25, 0.3) is 11.6 Å². The molecule has 3 nitrogen and oxygen atoms in total. The number of thioether (sulfide) groups is 1. The molecule has 1 aliphatic heterocycles. The number of allylic oxidation sites excluding steroid dienone is 5. The maximum atomic E-state index is 2.57. The summed E-state index contributed by atoms with van der Waals surface area (Å²) >= 11 is 5.70. The van der Waals surface area contributed by atoms with Gasteiger partial charge in [0.1, 0.15) is 13.1 Å². The first-order chi connectivity index (χ1) is 21.5. The van der Waals surface area contributed by atoms with Crippen molar-refractivity contribution in [2.75, 3.05) is 6.54 Å². The number of halogens is 2. The van der Waals surface area contributed by atoms with Crippen molar-refractivity contribution in [1.82, 2.24) is 4.90 Å². The van der Waals surface area contributed by atoms with Crippen molar-refractivity contribution < 1.29 is 33.9 Å². The smallest absolute Gasteiger partial charge is 0.269 e. The molecule has 0 aromatic carbocycles. The molecule has 0 spiro atoms. The molecule has 260 valence electrons. The average Bonchev–Trinajstić information content (AvgIpc) is 3.68. The molecule has 0 bridgehead atoms. The Morgan fingerprint density at radius 2 is 1.39 bits per heavy atom. The van der Waals surface area contributed by atoms with Gasteiger partial charge >= 0.3 is 0 Å². The molecule has 3 heterocycles. The van der Waals surface area contributed by atoms with E-state index in [9.17, 15) is 0 Å². The lowest BCUT2D eigenvalue weighted by Crippen LogP contribution is -3.00. The summed E-state index contributed by atoms with van der Waals surface area (Å²) in [6, 6.07) is 0. The Morgan fingerprint density at radius 1 is 0.783 bits per heavy atom. The van der Waals surface area contributed by atoms with E-state index in [0.29, 0.717) is 0 Å². The minimum absolute atomic E-state index is 0. The third-order valence-corrected chi connectivity index (χ3v) is 11.7. The topological polar surface area (TPSA) is 11.0 Å². The summed E-state index contributed by atoms with van der Waals surface area (Å²) < 4.78 is 5.06. The van der Waals surface area contributed by atoms with Crippen molar-refractivity contribution in [2.45, 2.75) is 151 Å². The zero-order valence-corrected chi connectivity index (χ0v) is 33.6. The van der Waals surface area contributed by atoms with Crippen LogP contribution in [0.5, 0.6) is 0 Å². The van der Waals surface area contributed by atoms with Gasteiger partial charge in [0.25, 0.3) is 10.0 Å². The van der Waals surface area contributed by atoms with Crippen molar-refractivity contribution >= 4 is 46.1 Å². The number of hydrogen-bond donors (Lipinski definition) is 0. The predicted molar refractivity (Wildman–Crippen MR) is 198 cm³/mol. The second-order valence-corrected chi connectivity index (χ2v) is 15.5. The van der Waals surface area contributed by atoms with Crippen LogP contribution in [0.4, 0.5) is 0 Å². The zero-order valence-electron chi connectivity index (χ0n) is 29.6. The molecule has 2 aromatic heterocycles. The highest BCUT2D eigenvalue weighted by Gasteiger charge is 2.22. The second kappa shape index (κ2) is 25.0. The van der Waals surface area contributed by atoms with E-state index in [1.807, 2.05) is 34.4 Å². The minimum atomic E-state index is 0. The van der Waals surface area contributed by atoms with E-state index in [-0.39, 0.29) is 24.8 Å². The summed E-state index contributed by atoms with van der Waals surface area (Å²) in [5.41, 5.74) is 4.08. The molecule has 2 aromatic rings. The molecular formula is C38H61Cl2N3S3. The maximum absolute atomic E-state index is 2.57. The number of aryl methyl sites for hydroxylation is 3. The molecule has 0 unspecified atom stereocenters. The summed E-state index contributed by atoms with van der Waals surface area (Å²) in [7, 11) is 0. The van der Waals surface area contributed by atoms with Crippen LogP contribution in [0.3, 0.4) is 0 Å². The van der Waals surface area contributed by atoms with E-state index in [1.165, 1.54) is 133 Å². The number of unbranched alkanes of at least 4 members (excludes halogenated alkanes) is 12. The van der Waals surface area contributed by atoms with Gasteiger partial charge in [-0.2, -0.15) is 9.13 Å². The number of thiazole rings is 2. The molecule has 0 radical (unpaired) electrons. The standard InChI is InChI=1S/C38H61N3S3.2ClH/c1-7-10-13-16-19-26-39-29-34(6)44-36(39)24-22-35(38-41(33(5)31-43-38)28-21-18-15-12-9-3)23-25-37-40(32(4)30-42-37)27-20-17-14-11-8-2;;/h22-25,29-31H,7-21,26-28H2,1-6H3;2*1H/q+2;;/p-2. The fourth-order valence-electron chi connectivity index (χ4n) is 5.78. The van der Waals surface area contributed by atoms with Crippen LogP contribution in [0, 0.1) is 13.8 Å². The van der Waals surface area contributed by atoms with E-state index in [1.54, 1.807) is 0 Å². The fraction of sp³-hybridized carbons (Fsp3) is 0.632. The molecule has 0 N–H and O–H groups in total. The summed E-state index contributed by atoms with van der Waals surface area (Å²) in [5, 5.41) is 8.77. The number of hydrogen-bond acceptors (Lipinski definition) is 4. The Hall–Kier alpha value is -1.05. The van der Waals surface area contributed by atoms with Gasteiger partial charge in [-0.3, -0.25) is 0 Å². The first kappa shape index (κ1) is 43.0. The lowest BCUT2D eigenvalue weighted by atomic mass is 10.1. The van der Waals surface area contributed by atoms with Gasteiger partial charge in [0.05, 0.1) is 20.9 Å². The third-order valence-electron chi connectivity index (χ3n) is 8.47. The molecule has 3 rings (SSSR count). The molecule has 8 heteroatoms.